The number of halogens is 1. The summed E-state index contributed by atoms with van der Waals surface area (Å²) in [5.41, 5.74) is 2.56. The molecule has 0 radical (unpaired) electrons. The molecule has 4 aromatic rings. The molecule has 1 aliphatic heterocycles. The number of amides is 1. The van der Waals surface area contributed by atoms with E-state index in [1.807, 2.05) is 59.2 Å². The lowest BCUT2D eigenvalue weighted by molar-refractivity contribution is -0.117. The van der Waals surface area contributed by atoms with Gasteiger partial charge in [0.2, 0.25) is 5.91 Å². The Kier molecular flexibility index (Phi) is 6.61. The van der Waals surface area contributed by atoms with E-state index < -0.39 is 6.10 Å². The van der Waals surface area contributed by atoms with Gasteiger partial charge in [-0.2, -0.15) is 0 Å². The quantitative estimate of drug-likeness (QED) is 0.388. The Labute approximate surface area is 208 Å². The van der Waals surface area contributed by atoms with Crippen LogP contribution in [0.15, 0.2) is 72.8 Å². The van der Waals surface area contributed by atoms with Crippen molar-refractivity contribution in [2.24, 2.45) is 0 Å². The topological polar surface area (TPSA) is 76.8 Å². The van der Waals surface area contributed by atoms with Crippen LogP contribution in [-0.4, -0.2) is 46.9 Å². The van der Waals surface area contributed by atoms with Crippen LogP contribution in [0.2, 0.25) is 5.02 Å². The van der Waals surface area contributed by atoms with E-state index in [0.717, 1.165) is 22.5 Å². The summed E-state index contributed by atoms with van der Waals surface area (Å²) in [6, 6.07) is 22.4. The SMILES string of the molecule is COc1ccccc1OCC(O)Cn1c(C2CC(=O)N(c3ccc(Cl)cc3)C2)nc2ccccc21. The molecule has 5 rings (SSSR count). The van der Waals surface area contributed by atoms with E-state index in [-0.39, 0.29) is 25.0 Å². The van der Waals surface area contributed by atoms with Gasteiger partial charge in [0.1, 0.15) is 18.5 Å². The number of nitrogens with zero attached hydrogens (tertiary/aromatic N) is 3. The summed E-state index contributed by atoms with van der Waals surface area (Å²) in [6.45, 7) is 0.890. The Hall–Kier alpha value is -3.55. The maximum Gasteiger partial charge on any atom is 0.227 e. The van der Waals surface area contributed by atoms with Gasteiger partial charge >= 0.3 is 0 Å². The summed E-state index contributed by atoms with van der Waals surface area (Å²) in [6.07, 6.45) is -0.444. The number of carbonyl (C=O) groups is 1. The molecule has 0 saturated carbocycles. The number of para-hydroxylation sites is 4. The number of aliphatic hydroxyl groups is 1. The van der Waals surface area contributed by atoms with Crippen LogP contribution in [0.5, 0.6) is 11.5 Å². The first-order chi connectivity index (χ1) is 17.0. The summed E-state index contributed by atoms with van der Waals surface area (Å²) >= 11 is 6.02. The number of methoxy groups -OCH3 is 1. The summed E-state index contributed by atoms with van der Waals surface area (Å²) in [7, 11) is 1.58. The van der Waals surface area contributed by atoms with Crippen LogP contribution >= 0.6 is 11.6 Å². The monoisotopic (exact) mass is 491 g/mol. The van der Waals surface area contributed by atoms with Gasteiger partial charge in [-0.1, -0.05) is 35.9 Å². The second-order valence-corrected chi connectivity index (χ2v) is 9.00. The number of anilines is 1. The number of imidazole rings is 1. The van der Waals surface area contributed by atoms with E-state index in [0.29, 0.717) is 29.5 Å². The van der Waals surface area contributed by atoms with E-state index >= 15 is 0 Å². The maximum atomic E-state index is 12.9. The molecule has 2 atom stereocenters. The van der Waals surface area contributed by atoms with E-state index in [4.69, 9.17) is 26.1 Å². The van der Waals surface area contributed by atoms with Crippen LogP contribution in [0.4, 0.5) is 5.69 Å². The molecule has 0 aliphatic carbocycles. The van der Waals surface area contributed by atoms with Crippen molar-refractivity contribution in [3.8, 4) is 11.5 Å². The van der Waals surface area contributed by atoms with E-state index in [2.05, 4.69) is 0 Å². The molecule has 1 amide bonds. The minimum atomic E-state index is -0.791. The van der Waals surface area contributed by atoms with Crippen molar-refractivity contribution in [2.45, 2.75) is 25.0 Å². The standard InChI is InChI=1S/C27H26ClN3O4/c1-34-24-8-4-5-9-25(24)35-17-21(32)16-31-23-7-3-2-6-22(23)29-27(31)18-14-26(33)30(15-18)20-12-10-19(28)11-13-20/h2-13,18,21,32H,14-17H2,1H3. The molecule has 35 heavy (non-hydrogen) atoms. The second-order valence-electron chi connectivity index (χ2n) is 8.57. The van der Waals surface area contributed by atoms with Gasteiger partial charge in [-0.05, 0) is 48.5 Å². The maximum absolute atomic E-state index is 12.9. The average molecular weight is 492 g/mol. The molecule has 180 valence electrons. The highest BCUT2D eigenvalue weighted by Crippen LogP contribution is 2.34. The fraction of sp³-hybridized carbons (Fsp3) is 0.259. The molecule has 3 aromatic carbocycles. The summed E-state index contributed by atoms with van der Waals surface area (Å²) in [5, 5.41) is 11.5. The molecule has 1 aromatic heterocycles. The lowest BCUT2D eigenvalue weighted by Crippen LogP contribution is -2.26. The lowest BCUT2D eigenvalue weighted by Gasteiger charge is -2.19. The zero-order chi connectivity index (χ0) is 24.4. The molecular formula is C27H26ClN3O4. The molecule has 0 spiro atoms. The predicted molar refractivity (Wildman–Crippen MR) is 135 cm³/mol. The largest absolute Gasteiger partial charge is 0.493 e. The second kappa shape index (κ2) is 9.98. The first-order valence-corrected chi connectivity index (χ1v) is 11.9. The Balaban J connectivity index is 1.37. The van der Waals surface area contributed by atoms with Crippen LogP contribution in [0.25, 0.3) is 11.0 Å². The Bertz CT molecular complexity index is 1340. The molecule has 8 heteroatoms. The van der Waals surface area contributed by atoms with Crippen molar-refractivity contribution in [2.75, 3.05) is 25.2 Å². The van der Waals surface area contributed by atoms with Crippen molar-refractivity contribution in [3.63, 3.8) is 0 Å². The Morgan fingerprint density at radius 3 is 2.54 bits per heavy atom. The van der Waals surface area contributed by atoms with Gasteiger partial charge in [0.25, 0.3) is 0 Å². The van der Waals surface area contributed by atoms with Crippen LogP contribution in [0.1, 0.15) is 18.2 Å². The highest BCUT2D eigenvalue weighted by molar-refractivity contribution is 6.30. The number of hydrogen-bond donors (Lipinski definition) is 1. The highest BCUT2D eigenvalue weighted by Gasteiger charge is 2.35. The third-order valence-corrected chi connectivity index (χ3v) is 6.46. The molecule has 2 heterocycles. The van der Waals surface area contributed by atoms with Gasteiger partial charge in [0, 0.05) is 29.6 Å². The zero-order valence-electron chi connectivity index (χ0n) is 19.3. The summed E-state index contributed by atoms with van der Waals surface area (Å²) in [5.74, 6) is 1.90. The molecule has 1 N–H and O–H groups in total. The van der Waals surface area contributed by atoms with Crippen molar-refractivity contribution in [1.29, 1.82) is 0 Å². The molecule has 1 saturated heterocycles. The number of benzene rings is 3. The van der Waals surface area contributed by atoms with Crippen molar-refractivity contribution in [3.05, 3.63) is 83.6 Å². The van der Waals surface area contributed by atoms with E-state index in [9.17, 15) is 9.90 Å². The lowest BCUT2D eigenvalue weighted by atomic mass is 10.1. The number of aliphatic hydroxyl groups excluding tert-OH is 1. The molecule has 2 unspecified atom stereocenters. The van der Waals surface area contributed by atoms with E-state index in [1.54, 1.807) is 30.2 Å². The zero-order valence-corrected chi connectivity index (χ0v) is 20.1. The fourth-order valence-electron chi connectivity index (χ4n) is 4.54. The number of hydrogen-bond acceptors (Lipinski definition) is 5. The minimum absolute atomic E-state index is 0.0379. The van der Waals surface area contributed by atoms with Crippen LogP contribution in [-0.2, 0) is 11.3 Å². The fourth-order valence-corrected chi connectivity index (χ4v) is 4.66. The Morgan fingerprint density at radius 2 is 1.77 bits per heavy atom. The van der Waals surface area contributed by atoms with Gasteiger partial charge in [-0.15, -0.1) is 0 Å². The van der Waals surface area contributed by atoms with Crippen molar-refractivity contribution in [1.82, 2.24) is 9.55 Å². The van der Waals surface area contributed by atoms with Crippen molar-refractivity contribution >= 4 is 34.2 Å². The number of fused-ring (bicyclic) bond motifs is 1. The minimum Gasteiger partial charge on any atom is -0.493 e. The van der Waals surface area contributed by atoms with Gasteiger partial charge in [-0.25, -0.2) is 4.98 Å². The van der Waals surface area contributed by atoms with Gasteiger partial charge in [-0.3, -0.25) is 4.79 Å². The first kappa shape index (κ1) is 23.2. The average Bonchev–Trinajstić information content (AvgIpc) is 3.44. The van der Waals surface area contributed by atoms with Crippen molar-refractivity contribution < 1.29 is 19.4 Å². The number of carbonyl (C=O) groups excluding carboxylic acids is 1. The van der Waals surface area contributed by atoms with Crippen LogP contribution in [0, 0.1) is 0 Å². The number of rotatable bonds is 8. The highest BCUT2D eigenvalue weighted by atomic mass is 35.5. The smallest absolute Gasteiger partial charge is 0.227 e. The molecular weight excluding hydrogens is 466 g/mol. The Morgan fingerprint density at radius 1 is 1.06 bits per heavy atom. The first-order valence-electron chi connectivity index (χ1n) is 11.5. The normalized spacial score (nSPS) is 16.6. The van der Waals surface area contributed by atoms with Gasteiger partial charge in [0.05, 0.1) is 24.7 Å². The van der Waals surface area contributed by atoms with Gasteiger partial charge in [0.15, 0.2) is 11.5 Å². The third-order valence-electron chi connectivity index (χ3n) is 6.21. The number of aromatic nitrogens is 2. The van der Waals surface area contributed by atoms with Gasteiger partial charge < -0.3 is 24.0 Å². The summed E-state index contributed by atoms with van der Waals surface area (Å²) in [4.78, 5) is 19.5. The third kappa shape index (κ3) is 4.83. The molecule has 0 bridgehead atoms. The summed E-state index contributed by atoms with van der Waals surface area (Å²) < 4.78 is 13.2. The van der Waals surface area contributed by atoms with Crippen LogP contribution in [0.3, 0.4) is 0 Å². The predicted octanol–water partition coefficient (Wildman–Crippen LogP) is 4.66. The number of ether oxygens (including phenoxy) is 2. The molecule has 1 aliphatic rings. The van der Waals surface area contributed by atoms with Crippen LogP contribution < -0.4 is 14.4 Å². The molecule has 7 nitrogen and oxygen atoms in total. The molecule has 1 fully saturated rings. The van der Waals surface area contributed by atoms with E-state index in [1.165, 1.54) is 0 Å².